The highest BCUT2D eigenvalue weighted by Gasteiger charge is 2.11. The number of aryl methyl sites for hydroxylation is 2. The Balaban J connectivity index is 2.38. The summed E-state index contributed by atoms with van der Waals surface area (Å²) < 4.78 is 35.3. The molecule has 0 N–H and O–H groups in total. The van der Waals surface area contributed by atoms with Gasteiger partial charge < -0.3 is 4.57 Å². The molecule has 16 heavy (non-hydrogen) atoms. The van der Waals surface area contributed by atoms with Crippen LogP contribution in [0.2, 0.25) is 0 Å². The molecule has 5 heteroatoms. The highest BCUT2D eigenvalue weighted by Crippen LogP contribution is 2.21. The van der Waals surface area contributed by atoms with Gasteiger partial charge in [0.25, 0.3) is 0 Å². The van der Waals surface area contributed by atoms with Crippen molar-refractivity contribution in [1.29, 1.82) is 0 Å². The lowest BCUT2D eigenvalue weighted by Gasteiger charge is -1.95. The summed E-state index contributed by atoms with van der Waals surface area (Å²) >= 11 is 0. The molecule has 1 heterocycles. The number of rotatable bonds is 3. The third-order valence-corrected chi connectivity index (χ3v) is 3.29. The third-order valence-electron chi connectivity index (χ3n) is 2.59. The lowest BCUT2D eigenvalue weighted by molar-refractivity contribution is 0.551. The monoisotopic (exact) mass is 241 g/mol. The topological polar surface area (TPSA) is 39.1 Å². The second-order valence-electron chi connectivity index (χ2n) is 3.78. The lowest BCUT2D eigenvalue weighted by atomic mass is 10.1. The van der Waals surface area contributed by atoms with Crippen molar-refractivity contribution in [3.63, 3.8) is 0 Å². The molecule has 0 fully saturated rings. The fraction of sp³-hybridized carbons (Fsp3) is 0.273. The van der Waals surface area contributed by atoms with Gasteiger partial charge in [-0.05, 0) is 18.1 Å². The summed E-state index contributed by atoms with van der Waals surface area (Å²) in [5, 5.41) is 0.980. The predicted octanol–water partition coefficient (Wildman–Crippen LogP) is 2.02. The zero-order chi connectivity index (χ0) is 11.8. The van der Waals surface area contributed by atoms with E-state index in [-0.39, 0.29) is 6.42 Å². The molecular formula is C11H12FNO2S. The van der Waals surface area contributed by atoms with Crippen molar-refractivity contribution < 1.29 is 12.3 Å². The van der Waals surface area contributed by atoms with Gasteiger partial charge in [0.1, 0.15) is 0 Å². The van der Waals surface area contributed by atoms with Crippen molar-refractivity contribution in [1.82, 2.24) is 4.57 Å². The Hall–Kier alpha value is -1.36. The summed E-state index contributed by atoms with van der Waals surface area (Å²) in [6, 6.07) is 7.66. The van der Waals surface area contributed by atoms with Crippen molar-refractivity contribution in [3.8, 4) is 0 Å². The van der Waals surface area contributed by atoms with E-state index >= 15 is 0 Å². The third kappa shape index (κ3) is 2.24. The number of hydrogen-bond acceptors (Lipinski definition) is 2. The van der Waals surface area contributed by atoms with Crippen LogP contribution >= 0.6 is 0 Å². The molecule has 0 saturated carbocycles. The molecule has 0 unspecified atom stereocenters. The van der Waals surface area contributed by atoms with Crippen LogP contribution in [0.15, 0.2) is 30.5 Å². The second-order valence-corrected chi connectivity index (χ2v) is 5.26. The van der Waals surface area contributed by atoms with Gasteiger partial charge in [0, 0.05) is 24.1 Å². The number of hydrogen-bond donors (Lipinski definition) is 0. The Labute approximate surface area is 93.7 Å². The van der Waals surface area contributed by atoms with Crippen LogP contribution in [0, 0.1) is 0 Å². The van der Waals surface area contributed by atoms with Crippen molar-refractivity contribution in [2.75, 3.05) is 5.75 Å². The van der Waals surface area contributed by atoms with Crippen LogP contribution in [0.1, 0.15) is 5.56 Å². The number of nitrogens with zero attached hydrogens (tertiary/aromatic N) is 1. The van der Waals surface area contributed by atoms with E-state index in [2.05, 4.69) is 0 Å². The Morgan fingerprint density at radius 1 is 1.31 bits per heavy atom. The maximum absolute atomic E-state index is 12.4. The first-order valence-corrected chi connectivity index (χ1v) is 6.48. The van der Waals surface area contributed by atoms with Crippen LogP contribution in [0.4, 0.5) is 3.89 Å². The molecule has 1 aromatic heterocycles. The molecule has 0 aliphatic carbocycles. The van der Waals surface area contributed by atoms with E-state index in [1.54, 1.807) is 0 Å². The average molecular weight is 241 g/mol. The van der Waals surface area contributed by atoms with E-state index in [0.717, 1.165) is 16.5 Å². The molecule has 86 valence electrons. The lowest BCUT2D eigenvalue weighted by Crippen LogP contribution is -2.01. The van der Waals surface area contributed by atoms with Gasteiger partial charge in [-0.15, -0.1) is 3.89 Å². The smallest absolute Gasteiger partial charge is 0.302 e. The predicted molar refractivity (Wildman–Crippen MR) is 61.5 cm³/mol. The van der Waals surface area contributed by atoms with E-state index in [0.29, 0.717) is 0 Å². The van der Waals surface area contributed by atoms with Gasteiger partial charge in [0.15, 0.2) is 0 Å². The number of para-hydroxylation sites is 1. The molecule has 0 atom stereocenters. The van der Waals surface area contributed by atoms with E-state index in [9.17, 15) is 12.3 Å². The molecule has 2 rings (SSSR count). The number of benzene rings is 1. The molecule has 0 bridgehead atoms. The van der Waals surface area contributed by atoms with E-state index < -0.39 is 16.0 Å². The SMILES string of the molecule is Cn1cc(CCS(=O)(=O)F)c2ccccc21. The first-order chi connectivity index (χ1) is 7.47. The van der Waals surface area contributed by atoms with Crippen molar-refractivity contribution >= 4 is 21.1 Å². The highest BCUT2D eigenvalue weighted by atomic mass is 32.3. The largest absolute Gasteiger partial charge is 0.350 e. The molecule has 1 aromatic carbocycles. The summed E-state index contributed by atoms with van der Waals surface area (Å²) in [4.78, 5) is 0. The van der Waals surface area contributed by atoms with Crippen LogP contribution in [-0.2, 0) is 23.7 Å². The number of halogens is 1. The molecule has 0 saturated heterocycles. The summed E-state index contributed by atoms with van der Waals surface area (Å²) in [5.41, 5.74) is 1.88. The maximum Gasteiger partial charge on any atom is 0.302 e. The number of fused-ring (bicyclic) bond motifs is 1. The Morgan fingerprint density at radius 2 is 2.00 bits per heavy atom. The van der Waals surface area contributed by atoms with Crippen LogP contribution in [0.25, 0.3) is 10.9 Å². The standard InChI is InChI=1S/C11H12FNO2S/c1-13-8-9(6-7-16(12,14)15)10-4-2-3-5-11(10)13/h2-5,8H,6-7H2,1H3. The molecule has 0 aliphatic heterocycles. The van der Waals surface area contributed by atoms with Crippen LogP contribution in [-0.4, -0.2) is 18.7 Å². The molecule has 0 amide bonds. The molecule has 0 radical (unpaired) electrons. The summed E-state index contributed by atoms with van der Waals surface area (Å²) in [5.74, 6) is -0.457. The first kappa shape index (κ1) is 11.1. The minimum absolute atomic E-state index is 0.209. The molecule has 3 nitrogen and oxygen atoms in total. The van der Waals surface area contributed by atoms with Gasteiger partial charge in [0.05, 0.1) is 5.75 Å². The van der Waals surface area contributed by atoms with Crippen molar-refractivity contribution in [3.05, 3.63) is 36.0 Å². The van der Waals surface area contributed by atoms with Gasteiger partial charge in [-0.2, -0.15) is 8.42 Å². The Morgan fingerprint density at radius 3 is 2.69 bits per heavy atom. The second kappa shape index (κ2) is 3.90. The van der Waals surface area contributed by atoms with E-state index in [4.69, 9.17) is 0 Å². The molecule has 2 aromatic rings. The van der Waals surface area contributed by atoms with Crippen LogP contribution in [0.5, 0.6) is 0 Å². The first-order valence-electron chi connectivity index (χ1n) is 4.92. The van der Waals surface area contributed by atoms with Crippen LogP contribution in [0.3, 0.4) is 0 Å². The zero-order valence-corrected chi connectivity index (χ0v) is 9.67. The minimum atomic E-state index is -4.39. The molecular weight excluding hydrogens is 229 g/mol. The average Bonchev–Trinajstić information content (AvgIpc) is 2.53. The van der Waals surface area contributed by atoms with Gasteiger partial charge >= 0.3 is 10.2 Å². The fourth-order valence-corrected chi connectivity index (χ4v) is 2.32. The van der Waals surface area contributed by atoms with Crippen molar-refractivity contribution in [2.24, 2.45) is 7.05 Å². The zero-order valence-electron chi connectivity index (χ0n) is 8.85. The quantitative estimate of drug-likeness (QED) is 0.771. The normalized spacial score (nSPS) is 12.1. The van der Waals surface area contributed by atoms with E-state index in [1.807, 2.05) is 42.1 Å². The van der Waals surface area contributed by atoms with Gasteiger partial charge in [-0.1, -0.05) is 18.2 Å². The highest BCUT2D eigenvalue weighted by molar-refractivity contribution is 7.86. The van der Waals surface area contributed by atoms with Gasteiger partial charge in [-0.25, -0.2) is 0 Å². The summed E-state index contributed by atoms with van der Waals surface area (Å²) in [6.07, 6.45) is 2.05. The van der Waals surface area contributed by atoms with Crippen LogP contribution < -0.4 is 0 Å². The van der Waals surface area contributed by atoms with Gasteiger partial charge in [0.2, 0.25) is 0 Å². The van der Waals surface area contributed by atoms with Gasteiger partial charge in [-0.3, -0.25) is 0 Å². The fourth-order valence-electron chi connectivity index (χ4n) is 1.86. The molecule has 0 spiro atoms. The van der Waals surface area contributed by atoms with E-state index in [1.165, 1.54) is 0 Å². The Kier molecular flexibility index (Phi) is 2.71. The summed E-state index contributed by atoms with van der Waals surface area (Å²) in [6.45, 7) is 0. The number of aromatic nitrogens is 1. The minimum Gasteiger partial charge on any atom is -0.350 e. The maximum atomic E-state index is 12.4. The Bertz CT molecular complexity index is 616. The van der Waals surface area contributed by atoms with Crippen molar-refractivity contribution in [2.45, 2.75) is 6.42 Å². The summed E-state index contributed by atoms with van der Waals surface area (Å²) in [7, 11) is -2.51. The molecule has 0 aliphatic rings.